The van der Waals surface area contributed by atoms with Gasteiger partial charge < -0.3 is 25.0 Å². The topological polar surface area (TPSA) is 82.1 Å². The number of benzene rings is 2. The Morgan fingerprint density at radius 1 is 1.10 bits per heavy atom. The number of esters is 1. The van der Waals surface area contributed by atoms with Gasteiger partial charge in [0.1, 0.15) is 12.3 Å². The van der Waals surface area contributed by atoms with Crippen LogP contribution in [0.25, 0.3) is 11.1 Å². The fourth-order valence-corrected chi connectivity index (χ4v) is 5.31. The number of aliphatic hydroxyl groups is 1. The van der Waals surface area contributed by atoms with Gasteiger partial charge in [-0.3, -0.25) is 9.59 Å². The molecular weight excluding hydrogens is 514 g/mol. The molecule has 1 amide bonds. The highest BCUT2D eigenvalue weighted by molar-refractivity contribution is 5.83. The molecule has 7 heteroatoms. The number of aliphatic hydroxyl groups excluding tert-OH is 1. The Hall–Kier alpha value is -3.42. The summed E-state index contributed by atoms with van der Waals surface area (Å²) in [7, 11) is 4.03. The van der Waals surface area contributed by atoms with Gasteiger partial charge in [-0.15, -0.1) is 0 Å². The first-order chi connectivity index (χ1) is 19.5. The van der Waals surface area contributed by atoms with Crippen LogP contribution in [-0.2, 0) is 14.3 Å². The summed E-state index contributed by atoms with van der Waals surface area (Å²) in [6.07, 6.45) is 6.06. The molecule has 2 aromatic rings. The molecule has 0 saturated heterocycles. The molecule has 0 radical (unpaired) electrons. The number of allylic oxidation sites excluding steroid dienone is 1. The minimum Gasteiger partial charge on any atom is -0.466 e. The number of carbonyl (C=O) groups excluding carboxylic acids is 2. The summed E-state index contributed by atoms with van der Waals surface area (Å²) in [4.78, 5) is 30.4. The predicted octanol–water partition coefficient (Wildman–Crippen LogP) is 5.52. The van der Waals surface area contributed by atoms with E-state index in [0.29, 0.717) is 6.42 Å². The second kappa shape index (κ2) is 15.0. The number of ether oxygens (including phenoxy) is 1. The SMILES string of the molecule is CCOC(=O)C[C@H](NC(=O)C(CC(C)C)N1C=CC(CCN(C)C)=CC1O)c1cccc(-c2c(C)cccc2C)c1. The zero-order chi connectivity index (χ0) is 30.1. The van der Waals surface area contributed by atoms with Crippen molar-refractivity contribution in [3.05, 3.63) is 83.1 Å². The highest BCUT2D eigenvalue weighted by atomic mass is 16.5. The van der Waals surface area contributed by atoms with Crippen molar-refractivity contribution in [3.63, 3.8) is 0 Å². The quantitative estimate of drug-likeness (QED) is 0.314. The van der Waals surface area contributed by atoms with Crippen molar-refractivity contribution in [2.45, 2.75) is 72.2 Å². The molecule has 2 unspecified atom stereocenters. The van der Waals surface area contributed by atoms with Crippen LogP contribution in [0.5, 0.6) is 0 Å². The first-order valence-corrected chi connectivity index (χ1v) is 14.6. The van der Waals surface area contributed by atoms with Crippen molar-refractivity contribution in [1.29, 1.82) is 0 Å². The molecule has 3 atom stereocenters. The molecule has 2 N–H and O–H groups in total. The number of aryl methyl sites for hydroxylation is 2. The number of nitrogens with zero attached hydrogens (tertiary/aromatic N) is 2. The molecular formula is C34H47N3O4. The Morgan fingerprint density at radius 3 is 2.39 bits per heavy atom. The van der Waals surface area contributed by atoms with Crippen molar-refractivity contribution in [1.82, 2.24) is 15.1 Å². The van der Waals surface area contributed by atoms with Gasteiger partial charge in [0.25, 0.3) is 0 Å². The zero-order valence-corrected chi connectivity index (χ0v) is 25.7. The van der Waals surface area contributed by atoms with Crippen LogP contribution >= 0.6 is 0 Å². The average molecular weight is 562 g/mol. The number of rotatable bonds is 13. The maximum atomic E-state index is 13.9. The van der Waals surface area contributed by atoms with E-state index < -0.39 is 18.3 Å². The van der Waals surface area contributed by atoms with E-state index in [1.807, 2.05) is 56.7 Å². The second-order valence-corrected chi connectivity index (χ2v) is 11.6. The minimum atomic E-state index is -0.914. The molecule has 0 bridgehead atoms. The molecule has 3 rings (SSSR count). The average Bonchev–Trinajstić information content (AvgIpc) is 2.90. The maximum Gasteiger partial charge on any atom is 0.308 e. The highest BCUT2D eigenvalue weighted by Gasteiger charge is 2.32. The predicted molar refractivity (Wildman–Crippen MR) is 165 cm³/mol. The van der Waals surface area contributed by atoms with Gasteiger partial charge in [0, 0.05) is 12.7 Å². The number of carbonyl (C=O) groups is 2. The van der Waals surface area contributed by atoms with E-state index >= 15 is 0 Å². The van der Waals surface area contributed by atoms with Gasteiger partial charge in [-0.2, -0.15) is 0 Å². The van der Waals surface area contributed by atoms with Crippen LogP contribution in [0.3, 0.4) is 0 Å². The first kappa shape index (κ1) is 32.1. The number of nitrogens with one attached hydrogen (secondary N) is 1. The second-order valence-electron chi connectivity index (χ2n) is 11.6. The van der Waals surface area contributed by atoms with Gasteiger partial charge in [-0.1, -0.05) is 50.2 Å². The van der Waals surface area contributed by atoms with Crippen LogP contribution in [0.1, 0.15) is 62.8 Å². The summed E-state index contributed by atoms with van der Waals surface area (Å²) >= 11 is 0. The lowest BCUT2D eigenvalue weighted by molar-refractivity contribution is -0.144. The summed E-state index contributed by atoms with van der Waals surface area (Å²) < 4.78 is 5.28. The Labute approximate surface area is 245 Å². The summed E-state index contributed by atoms with van der Waals surface area (Å²) in [6.45, 7) is 11.2. The zero-order valence-electron chi connectivity index (χ0n) is 25.7. The molecule has 0 aliphatic carbocycles. The van der Waals surface area contributed by atoms with Crippen LogP contribution < -0.4 is 5.32 Å². The molecule has 1 aliphatic heterocycles. The fourth-order valence-electron chi connectivity index (χ4n) is 5.31. The maximum absolute atomic E-state index is 13.9. The Kier molecular flexibility index (Phi) is 11.7. The van der Waals surface area contributed by atoms with E-state index in [1.54, 1.807) is 11.8 Å². The Bertz CT molecular complexity index is 1230. The van der Waals surface area contributed by atoms with E-state index in [2.05, 4.69) is 56.1 Å². The smallest absolute Gasteiger partial charge is 0.308 e. The van der Waals surface area contributed by atoms with E-state index in [1.165, 1.54) is 0 Å². The molecule has 7 nitrogen and oxygen atoms in total. The molecule has 41 heavy (non-hydrogen) atoms. The summed E-state index contributed by atoms with van der Waals surface area (Å²) in [6, 6.07) is 13.0. The molecule has 0 fully saturated rings. The van der Waals surface area contributed by atoms with Crippen LogP contribution in [0, 0.1) is 19.8 Å². The van der Waals surface area contributed by atoms with Gasteiger partial charge in [-0.25, -0.2) is 0 Å². The fraction of sp³-hybridized carbons (Fsp3) is 0.471. The van der Waals surface area contributed by atoms with Gasteiger partial charge in [0.05, 0.1) is 19.1 Å². The number of hydrogen-bond donors (Lipinski definition) is 2. The van der Waals surface area contributed by atoms with Crippen LogP contribution in [0.2, 0.25) is 0 Å². The van der Waals surface area contributed by atoms with Crippen LogP contribution in [0.4, 0.5) is 0 Å². The standard InChI is InChI=1S/C34H47N3O4/c1-8-41-32(39)22-29(27-13-10-14-28(21-27)33-24(4)11-9-12-25(33)5)35-34(40)30(19-23(2)3)37-18-16-26(20-31(37)38)15-17-36(6)7/h9-14,16,18,20-21,23,29-31,38H,8,15,17,19,22H2,1-7H3,(H,35,40)/t29-,30?,31?/m0/s1. The van der Waals surface area contributed by atoms with E-state index in [-0.39, 0.29) is 30.8 Å². The lowest BCUT2D eigenvalue weighted by Gasteiger charge is -2.36. The van der Waals surface area contributed by atoms with Gasteiger partial charge in [0.15, 0.2) is 0 Å². The molecule has 0 aromatic heterocycles. The van der Waals surface area contributed by atoms with Gasteiger partial charge >= 0.3 is 5.97 Å². The monoisotopic (exact) mass is 561 g/mol. The molecule has 1 heterocycles. The van der Waals surface area contributed by atoms with E-state index in [9.17, 15) is 14.7 Å². The summed E-state index contributed by atoms with van der Waals surface area (Å²) in [5.41, 5.74) is 6.37. The molecule has 2 aromatic carbocycles. The van der Waals surface area contributed by atoms with E-state index in [0.717, 1.165) is 46.4 Å². The van der Waals surface area contributed by atoms with Crippen molar-refractivity contribution >= 4 is 11.9 Å². The third-order valence-corrected chi connectivity index (χ3v) is 7.39. The molecule has 1 aliphatic rings. The summed E-state index contributed by atoms with van der Waals surface area (Å²) in [5, 5.41) is 14.2. The summed E-state index contributed by atoms with van der Waals surface area (Å²) in [5.74, 6) is -0.400. The van der Waals surface area contributed by atoms with Crippen LogP contribution in [-0.4, -0.2) is 66.3 Å². The lowest BCUT2D eigenvalue weighted by Crippen LogP contribution is -2.50. The lowest BCUT2D eigenvalue weighted by atomic mass is 9.92. The molecule has 222 valence electrons. The van der Waals surface area contributed by atoms with Crippen molar-refractivity contribution < 1.29 is 19.4 Å². The van der Waals surface area contributed by atoms with Crippen molar-refractivity contribution in [2.75, 3.05) is 27.2 Å². The normalized spacial score (nSPS) is 16.5. The van der Waals surface area contributed by atoms with Crippen molar-refractivity contribution in [3.8, 4) is 11.1 Å². The van der Waals surface area contributed by atoms with E-state index in [4.69, 9.17) is 4.74 Å². The minimum absolute atomic E-state index is 0.0111. The number of hydrogen-bond acceptors (Lipinski definition) is 6. The van der Waals surface area contributed by atoms with Crippen molar-refractivity contribution in [2.24, 2.45) is 5.92 Å². The van der Waals surface area contributed by atoms with Gasteiger partial charge in [-0.05, 0) is 105 Å². The molecule has 0 spiro atoms. The largest absolute Gasteiger partial charge is 0.466 e. The Morgan fingerprint density at radius 2 is 1.78 bits per heavy atom. The van der Waals surface area contributed by atoms with Crippen LogP contribution in [0.15, 0.2) is 66.4 Å². The third kappa shape index (κ3) is 9.03. The highest BCUT2D eigenvalue weighted by Crippen LogP contribution is 2.30. The Balaban J connectivity index is 1.91. The molecule has 0 saturated carbocycles. The number of amides is 1. The third-order valence-electron chi connectivity index (χ3n) is 7.39. The van der Waals surface area contributed by atoms with Gasteiger partial charge in [0.2, 0.25) is 5.91 Å². The first-order valence-electron chi connectivity index (χ1n) is 14.6.